The molecular weight excluding hydrogens is 241 g/mol. The monoisotopic (exact) mass is 255 g/mol. The number of nitrogens with zero attached hydrogens (tertiary/aromatic N) is 2. The van der Waals surface area contributed by atoms with E-state index in [1.807, 2.05) is 29.7 Å². The Hall–Kier alpha value is -2.36. The molecule has 2 heterocycles. The van der Waals surface area contributed by atoms with E-state index in [9.17, 15) is 4.39 Å². The Kier molecular flexibility index (Phi) is 2.52. The molecule has 0 radical (unpaired) electrons. The topological polar surface area (TPSA) is 43.3 Å². The van der Waals surface area contributed by atoms with Crippen LogP contribution in [0.3, 0.4) is 0 Å². The molecule has 0 fully saturated rings. The predicted molar refractivity (Wildman–Crippen MR) is 74.5 cm³/mol. The summed E-state index contributed by atoms with van der Waals surface area (Å²) in [6.45, 7) is 3.74. The first-order chi connectivity index (χ1) is 9.06. The normalized spacial score (nSPS) is 11.1. The number of benzene rings is 1. The zero-order chi connectivity index (χ0) is 13.6. The van der Waals surface area contributed by atoms with Crippen LogP contribution in [0.15, 0.2) is 36.5 Å². The molecule has 96 valence electrons. The molecule has 0 aliphatic heterocycles. The zero-order valence-corrected chi connectivity index (χ0v) is 10.8. The van der Waals surface area contributed by atoms with Gasteiger partial charge in [0.05, 0.1) is 0 Å². The van der Waals surface area contributed by atoms with Crippen molar-refractivity contribution in [1.29, 1.82) is 0 Å². The summed E-state index contributed by atoms with van der Waals surface area (Å²) >= 11 is 0. The number of nitrogens with two attached hydrogens (primary N) is 1. The standard InChI is InChI=1S/C15H14FN3/c1-9-5-6-19-13(7-9)18-14(15(19)17)11-3-4-12(16)10(2)8-11/h3-8H,17H2,1-2H3. The summed E-state index contributed by atoms with van der Waals surface area (Å²) < 4.78 is 15.1. The van der Waals surface area contributed by atoms with Gasteiger partial charge in [0.2, 0.25) is 0 Å². The second kappa shape index (κ2) is 4.09. The molecular formula is C15H14FN3. The van der Waals surface area contributed by atoms with E-state index in [1.165, 1.54) is 6.07 Å². The van der Waals surface area contributed by atoms with Gasteiger partial charge in [-0.15, -0.1) is 0 Å². The van der Waals surface area contributed by atoms with E-state index in [1.54, 1.807) is 19.1 Å². The van der Waals surface area contributed by atoms with Gasteiger partial charge in [-0.2, -0.15) is 0 Å². The van der Waals surface area contributed by atoms with Gasteiger partial charge in [0.1, 0.15) is 23.0 Å². The van der Waals surface area contributed by atoms with Crippen LogP contribution in [0.5, 0.6) is 0 Å². The Bertz CT molecular complexity index is 774. The zero-order valence-electron chi connectivity index (χ0n) is 10.8. The van der Waals surface area contributed by atoms with Crippen molar-refractivity contribution in [2.75, 3.05) is 5.73 Å². The van der Waals surface area contributed by atoms with Crippen molar-refractivity contribution in [3.8, 4) is 11.3 Å². The van der Waals surface area contributed by atoms with Gasteiger partial charge in [-0.25, -0.2) is 9.37 Å². The third kappa shape index (κ3) is 1.85. The molecule has 0 unspecified atom stereocenters. The van der Waals surface area contributed by atoms with Gasteiger partial charge < -0.3 is 5.73 Å². The summed E-state index contributed by atoms with van der Waals surface area (Å²) in [5.74, 6) is 0.350. The Morgan fingerprint density at radius 2 is 1.95 bits per heavy atom. The SMILES string of the molecule is Cc1ccn2c(N)c(-c3ccc(F)c(C)c3)nc2c1. The number of anilines is 1. The fourth-order valence-electron chi connectivity index (χ4n) is 2.17. The number of aryl methyl sites for hydroxylation is 2. The van der Waals surface area contributed by atoms with Gasteiger partial charge >= 0.3 is 0 Å². The molecule has 0 atom stereocenters. The molecule has 3 rings (SSSR count). The molecule has 0 amide bonds. The molecule has 1 aromatic carbocycles. The lowest BCUT2D eigenvalue weighted by molar-refractivity contribution is 0.619. The average molecular weight is 255 g/mol. The van der Waals surface area contributed by atoms with Crippen molar-refractivity contribution in [3.63, 3.8) is 0 Å². The number of hydrogen-bond donors (Lipinski definition) is 1. The first-order valence-corrected chi connectivity index (χ1v) is 6.07. The quantitative estimate of drug-likeness (QED) is 0.724. The van der Waals surface area contributed by atoms with E-state index in [0.29, 0.717) is 17.1 Å². The van der Waals surface area contributed by atoms with Gasteiger partial charge in [-0.3, -0.25) is 4.40 Å². The van der Waals surface area contributed by atoms with Gasteiger partial charge in [0, 0.05) is 11.8 Å². The second-order valence-electron chi connectivity index (χ2n) is 4.74. The highest BCUT2D eigenvalue weighted by Crippen LogP contribution is 2.27. The van der Waals surface area contributed by atoms with Crippen molar-refractivity contribution in [1.82, 2.24) is 9.38 Å². The number of pyridine rings is 1. The first kappa shape index (κ1) is 11.7. The Morgan fingerprint density at radius 1 is 1.16 bits per heavy atom. The highest BCUT2D eigenvalue weighted by Gasteiger charge is 2.12. The Balaban J connectivity index is 2.24. The number of rotatable bonds is 1. The minimum absolute atomic E-state index is 0.220. The smallest absolute Gasteiger partial charge is 0.139 e. The number of aromatic nitrogens is 2. The average Bonchev–Trinajstić information content (AvgIpc) is 2.70. The highest BCUT2D eigenvalue weighted by molar-refractivity contribution is 5.75. The van der Waals surface area contributed by atoms with Gasteiger partial charge in [-0.05, 0) is 55.3 Å². The first-order valence-electron chi connectivity index (χ1n) is 6.07. The molecule has 0 saturated carbocycles. The molecule has 0 bridgehead atoms. The molecule has 3 nitrogen and oxygen atoms in total. The summed E-state index contributed by atoms with van der Waals surface area (Å²) in [7, 11) is 0. The maximum absolute atomic E-state index is 13.3. The highest BCUT2D eigenvalue weighted by atomic mass is 19.1. The van der Waals surface area contributed by atoms with Crippen LogP contribution in [0, 0.1) is 19.7 Å². The number of imidazole rings is 1. The van der Waals surface area contributed by atoms with Crippen LogP contribution in [-0.4, -0.2) is 9.38 Å². The molecule has 0 aliphatic rings. The lowest BCUT2D eigenvalue weighted by Crippen LogP contribution is -1.94. The van der Waals surface area contributed by atoms with Gasteiger partial charge in [0.25, 0.3) is 0 Å². The van der Waals surface area contributed by atoms with E-state index in [4.69, 9.17) is 5.73 Å². The molecule has 19 heavy (non-hydrogen) atoms. The van der Waals surface area contributed by atoms with Crippen LogP contribution in [0.1, 0.15) is 11.1 Å². The van der Waals surface area contributed by atoms with Crippen LogP contribution >= 0.6 is 0 Å². The van der Waals surface area contributed by atoms with Crippen molar-refractivity contribution in [2.24, 2.45) is 0 Å². The number of fused-ring (bicyclic) bond motifs is 1. The molecule has 4 heteroatoms. The van der Waals surface area contributed by atoms with Crippen LogP contribution in [0.25, 0.3) is 16.9 Å². The Morgan fingerprint density at radius 3 is 2.68 bits per heavy atom. The molecule has 2 N–H and O–H groups in total. The van der Waals surface area contributed by atoms with E-state index < -0.39 is 0 Å². The van der Waals surface area contributed by atoms with Crippen molar-refractivity contribution in [2.45, 2.75) is 13.8 Å². The van der Waals surface area contributed by atoms with Gasteiger partial charge in [0.15, 0.2) is 0 Å². The summed E-state index contributed by atoms with van der Waals surface area (Å²) in [6.07, 6.45) is 1.90. The summed E-state index contributed by atoms with van der Waals surface area (Å²) in [4.78, 5) is 4.53. The molecule has 0 spiro atoms. The minimum atomic E-state index is -0.220. The molecule has 0 saturated heterocycles. The lowest BCUT2D eigenvalue weighted by atomic mass is 10.1. The fraction of sp³-hybridized carbons (Fsp3) is 0.133. The molecule has 0 aliphatic carbocycles. The van der Waals surface area contributed by atoms with E-state index >= 15 is 0 Å². The number of halogens is 1. The van der Waals surface area contributed by atoms with Crippen LogP contribution in [0.4, 0.5) is 10.2 Å². The van der Waals surface area contributed by atoms with Crippen molar-refractivity contribution < 1.29 is 4.39 Å². The van der Waals surface area contributed by atoms with Crippen LogP contribution < -0.4 is 5.73 Å². The largest absolute Gasteiger partial charge is 0.383 e. The molecule has 2 aromatic heterocycles. The van der Waals surface area contributed by atoms with Gasteiger partial charge in [-0.1, -0.05) is 0 Å². The summed E-state index contributed by atoms with van der Waals surface area (Å²) in [5, 5.41) is 0. The lowest BCUT2D eigenvalue weighted by Gasteiger charge is -2.02. The maximum atomic E-state index is 13.3. The minimum Gasteiger partial charge on any atom is -0.383 e. The van der Waals surface area contributed by atoms with Crippen LogP contribution in [-0.2, 0) is 0 Å². The van der Waals surface area contributed by atoms with Crippen molar-refractivity contribution in [3.05, 3.63) is 53.5 Å². The summed E-state index contributed by atoms with van der Waals surface area (Å²) in [5.41, 5.74) is 10.1. The molecule has 3 aromatic rings. The van der Waals surface area contributed by atoms with E-state index in [0.717, 1.165) is 16.8 Å². The van der Waals surface area contributed by atoms with E-state index in [2.05, 4.69) is 4.98 Å². The predicted octanol–water partition coefficient (Wildman–Crippen LogP) is 3.34. The number of hydrogen-bond acceptors (Lipinski definition) is 2. The fourth-order valence-corrected chi connectivity index (χ4v) is 2.17. The second-order valence-corrected chi connectivity index (χ2v) is 4.74. The Labute approximate surface area is 110 Å². The third-order valence-corrected chi connectivity index (χ3v) is 3.25. The number of nitrogen functional groups attached to an aromatic ring is 1. The van der Waals surface area contributed by atoms with Crippen LogP contribution in [0.2, 0.25) is 0 Å². The maximum Gasteiger partial charge on any atom is 0.139 e. The third-order valence-electron chi connectivity index (χ3n) is 3.25. The van der Waals surface area contributed by atoms with Crippen molar-refractivity contribution >= 4 is 11.5 Å². The summed E-state index contributed by atoms with van der Waals surface area (Å²) in [6, 6.07) is 8.86. The van der Waals surface area contributed by atoms with E-state index in [-0.39, 0.29) is 5.82 Å².